The Morgan fingerprint density at radius 2 is 2.12 bits per heavy atom. The highest BCUT2D eigenvalue weighted by Gasteiger charge is 2.22. The van der Waals surface area contributed by atoms with Crippen molar-refractivity contribution in [1.29, 1.82) is 0 Å². The summed E-state index contributed by atoms with van der Waals surface area (Å²) in [5.41, 5.74) is 1.49. The number of carbonyl (C=O) groups is 1. The van der Waals surface area contributed by atoms with Crippen LogP contribution in [0.15, 0.2) is 16.8 Å². The Hall–Kier alpha value is -0.830. The Bertz CT molecular complexity index is 324. The Morgan fingerprint density at radius 3 is 2.69 bits per heavy atom. The van der Waals surface area contributed by atoms with Crippen molar-refractivity contribution < 1.29 is 9.90 Å². The molecule has 0 aliphatic heterocycles. The highest BCUT2D eigenvalue weighted by atomic mass is 32.1. The molecule has 0 bridgehead atoms. The van der Waals surface area contributed by atoms with Crippen molar-refractivity contribution in [3.8, 4) is 0 Å². The third kappa shape index (κ3) is 3.08. The highest BCUT2D eigenvalue weighted by molar-refractivity contribution is 7.07. The smallest absolute Gasteiger partial charge is 0.303 e. The van der Waals surface area contributed by atoms with Gasteiger partial charge in [0.2, 0.25) is 0 Å². The second kappa shape index (κ2) is 5.48. The van der Waals surface area contributed by atoms with Crippen LogP contribution in [0.25, 0.3) is 0 Å². The lowest BCUT2D eigenvalue weighted by atomic mass is 9.78. The molecule has 1 aromatic heterocycles. The van der Waals surface area contributed by atoms with E-state index in [4.69, 9.17) is 5.11 Å². The third-order valence-electron chi connectivity index (χ3n) is 3.63. The molecule has 88 valence electrons. The van der Waals surface area contributed by atoms with Gasteiger partial charge >= 0.3 is 5.97 Å². The van der Waals surface area contributed by atoms with Crippen molar-refractivity contribution in [1.82, 2.24) is 0 Å². The number of hydrogen-bond donors (Lipinski definition) is 1. The van der Waals surface area contributed by atoms with E-state index >= 15 is 0 Å². The molecular formula is C13H18O2S. The number of carboxylic acids is 1. The van der Waals surface area contributed by atoms with Gasteiger partial charge in [0.15, 0.2) is 0 Å². The minimum atomic E-state index is -0.653. The molecule has 0 spiro atoms. The van der Waals surface area contributed by atoms with E-state index in [1.807, 2.05) is 0 Å². The van der Waals surface area contributed by atoms with E-state index in [0.29, 0.717) is 12.3 Å². The molecule has 1 aromatic rings. The standard InChI is InChI=1S/C13H18O2S/c14-13(15)6-3-10-1-4-11(5-2-10)12-7-8-16-9-12/h7-11H,1-6H2,(H,14,15). The lowest BCUT2D eigenvalue weighted by Crippen LogP contribution is -2.14. The van der Waals surface area contributed by atoms with Crippen LogP contribution in [0.2, 0.25) is 0 Å². The van der Waals surface area contributed by atoms with E-state index < -0.39 is 5.97 Å². The highest BCUT2D eigenvalue weighted by Crippen LogP contribution is 2.37. The maximum atomic E-state index is 10.5. The number of aliphatic carboxylic acids is 1. The molecule has 0 amide bonds. The second-order valence-electron chi connectivity index (χ2n) is 4.71. The first-order valence-electron chi connectivity index (χ1n) is 5.99. The van der Waals surface area contributed by atoms with E-state index in [9.17, 15) is 4.79 Å². The molecule has 0 saturated heterocycles. The van der Waals surface area contributed by atoms with Crippen molar-refractivity contribution in [3.63, 3.8) is 0 Å². The molecule has 0 radical (unpaired) electrons. The van der Waals surface area contributed by atoms with Gasteiger partial charge in [-0.25, -0.2) is 0 Å². The van der Waals surface area contributed by atoms with Crippen LogP contribution in [-0.2, 0) is 4.79 Å². The predicted molar refractivity (Wildman–Crippen MR) is 65.9 cm³/mol. The van der Waals surface area contributed by atoms with Crippen LogP contribution in [0, 0.1) is 5.92 Å². The summed E-state index contributed by atoms with van der Waals surface area (Å²) in [7, 11) is 0. The monoisotopic (exact) mass is 238 g/mol. The van der Waals surface area contributed by atoms with Crippen LogP contribution in [0.5, 0.6) is 0 Å². The van der Waals surface area contributed by atoms with Crippen LogP contribution in [0.4, 0.5) is 0 Å². The molecule has 1 aliphatic rings. The minimum absolute atomic E-state index is 0.341. The van der Waals surface area contributed by atoms with Crippen molar-refractivity contribution in [2.45, 2.75) is 44.4 Å². The van der Waals surface area contributed by atoms with Gasteiger partial charge in [0.25, 0.3) is 0 Å². The summed E-state index contributed by atoms with van der Waals surface area (Å²) in [6.07, 6.45) is 6.09. The molecule has 16 heavy (non-hydrogen) atoms. The SMILES string of the molecule is O=C(O)CCC1CCC(c2ccsc2)CC1. The fraction of sp³-hybridized carbons (Fsp3) is 0.615. The first kappa shape index (κ1) is 11.6. The van der Waals surface area contributed by atoms with E-state index in [1.165, 1.54) is 31.2 Å². The summed E-state index contributed by atoms with van der Waals surface area (Å²) >= 11 is 1.77. The van der Waals surface area contributed by atoms with E-state index in [2.05, 4.69) is 16.8 Å². The molecule has 1 fully saturated rings. The molecule has 2 nitrogen and oxygen atoms in total. The molecule has 0 aromatic carbocycles. The molecule has 1 aliphatic carbocycles. The van der Waals surface area contributed by atoms with Crippen LogP contribution in [-0.4, -0.2) is 11.1 Å². The number of carboxylic acid groups (broad SMARTS) is 1. The van der Waals surface area contributed by atoms with Gasteiger partial charge in [0.05, 0.1) is 0 Å². The van der Waals surface area contributed by atoms with Crippen LogP contribution >= 0.6 is 11.3 Å². The van der Waals surface area contributed by atoms with Gasteiger partial charge in [-0.2, -0.15) is 11.3 Å². The molecule has 1 heterocycles. The van der Waals surface area contributed by atoms with Crippen molar-refractivity contribution in [3.05, 3.63) is 22.4 Å². The Labute approximate surface area is 100 Å². The van der Waals surface area contributed by atoms with Crippen molar-refractivity contribution in [2.75, 3.05) is 0 Å². The predicted octanol–water partition coefficient (Wildman–Crippen LogP) is 3.89. The summed E-state index contributed by atoms with van der Waals surface area (Å²) in [6, 6.07) is 2.23. The minimum Gasteiger partial charge on any atom is -0.481 e. The summed E-state index contributed by atoms with van der Waals surface area (Å²) in [6.45, 7) is 0. The lowest BCUT2D eigenvalue weighted by Gasteiger charge is -2.27. The average molecular weight is 238 g/mol. The van der Waals surface area contributed by atoms with E-state index in [-0.39, 0.29) is 0 Å². The number of rotatable bonds is 4. The average Bonchev–Trinajstić information content (AvgIpc) is 2.80. The number of hydrogen-bond acceptors (Lipinski definition) is 2. The zero-order chi connectivity index (χ0) is 11.4. The van der Waals surface area contributed by atoms with Crippen molar-refractivity contribution >= 4 is 17.3 Å². The van der Waals surface area contributed by atoms with Gasteiger partial charge in [-0.05, 0) is 66.3 Å². The van der Waals surface area contributed by atoms with Gasteiger partial charge < -0.3 is 5.11 Å². The van der Waals surface area contributed by atoms with E-state index in [0.717, 1.165) is 12.3 Å². The lowest BCUT2D eigenvalue weighted by molar-refractivity contribution is -0.137. The summed E-state index contributed by atoms with van der Waals surface area (Å²) < 4.78 is 0. The molecule has 0 atom stereocenters. The molecule has 1 N–H and O–H groups in total. The normalized spacial score (nSPS) is 25.5. The maximum Gasteiger partial charge on any atom is 0.303 e. The largest absolute Gasteiger partial charge is 0.481 e. The summed E-state index contributed by atoms with van der Waals surface area (Å²) in [5.74, 6) is 0.721. The zero-order valence-electron chi connectivity index (χ0n) is 9.39. The maximum absolute atomic E-state index is 10.5. The van der Waals surface area contributed by atoms with Crippen molar-refractivity contribution in [2.24, 2.45) is 5.92 Å². The van der Waals surface area contributed by atoms with Crippen LogP contribution in [0.1, 0.15) is 50.0 Å². The quantitative estimate of drug-likeness (QED) is 0.864. The van der Waals surface area contributed by atoms with Crippen LogP contribution in [0.3, 0.4) is 0 Å². The second-order valence-corrected chi connectivity index (χ2v) is 5.49. The zero-order valence-corrected chi connectivity index (χ0v) is 10.2. The topological polar surface area (TPSA) is 37.3 Å². The first-order valence-corrected chi connectivity index (χ1v) is 6.94. The Kier molecular flexibility index (Phi) is 3.99. The molecule has 0 unspecified atom stereocenters. The Balaban J connectivity index is 1.76. The molecular weight excluding hydrogens is 220 g/mol. The molecule has 1 saturated carbocycles. The van der Waals surface area contributed by atoms with Crippen LogP contribution < -0.4 is 0 Å². The van der Waals surface area contributed by atoms with Gasteiger partial charge in [-0.1, -0.05) is 0 Å². The Morgan fingerprint density at radius 1 is 1.38 bits per heavy atom. The third-order valence-corrected chi connectivity index (χ3v) is 4.33. The van der Waals surface area contributed by atoms with Gasteiger partial charge in [0.1, 0.15) is 0 Å². The van der Waals surface area contributed by atoms with E-state index in [1.54, 1.807) is 11.3 Å². The molecule has 2 rings (SSSR count). The number of thiophene rings is 1. The van der Waals surface area contributed by atoms with Gasteiger partial charge in [-0.3, -0.25) is 4.79 Å². The summed E-state index contributed by atoms with van der Waals surface area (Å²) in [4.78, 5) is 10.5. The fourth-order valence-corrected chi connectivity index (χ4v) is 3.36. The van der Waals surface area contributed by atoms with Gasteiger partial charge in [-0.15, -0.1) is 0 Å². The van der Waals surface area contributed by atoms with Gasteiger partial charge in [0, 0.05) is 6.42 Å². The molecule has 3 heteroatoms. The first-order chi connectivity index (χ1) is 7.75. The summed E-state index contributed by atoms with van der Waals surface area (Å²) in [5, 5.41) is 13.0. The fourth-order valence-electron chi connectivity index (χ4n) is 2.62.